The molecule has 2 heterocycles. The predicted octanol–water partition coefficient (Wildman–Crippen LogP) is 4.44. The molecular formula is C23H21N3O3S. The molecule has 0 atom stereocenters. The molecular weight excluding hydrogens is 398 g/mol. The van der Waals surface area contributed by atoms with Crippen LogP contribution in [0, 0.1) is 13.8 Å². The number of hydrogen-bond donors (Lipinski definition) is 1. The first-order chi connectivity index (χ1) is 14.4. The van der Waals surface area contributed by atoms with Gasteiger partial charge in [0.1, 0.15) is 0 Å². The minimum Gasteiger partial charge on any atom is -0.302 e. The third kappa shape index (κ3) is 3.89. The molecule has 0 fully saturated rings. The van der Waals surface area contributed by atoms with Crippen LogP contribution in [-0.4, -0.2) is 34.2 Å². The van der Waals surface area contributed by atoms with E-state index in [9.17, 15) is 14.4 Å². The number of hydrogen-bond acceptors (Lipinski definition) is 5. The highest BCUT2D eigenvalue weighted by molar-refractivity contribution is 7.14. The van der Waals surface area contributed by atoms with Crippen molar-refractivity contribution >= 4 is 34.2 Å². The number of anilines is 1. The lowest BCUT2D eigenvalue weighted by atomic mass is 10.0. The van der Waals surface area contributed by atoms with Crippen molar-refractivity contribution in [3.05, 3.63) is 70.1 Å². The van der Waals surface area contributed by atoms with Gasteiger partial charge in [-0.15, -0.1) is 11.3 Å². The van der Waals surface area contributed by atoms with E-state index in [-0.39, 0.29) is 30.7 Å². The molecule has 0 saturated heterocycles. The van der Waals surface area contributed by atoms with Crippen molar-refractivity contribution in [2.45, 2.75) is 26.7 Å². The fourth-order valence-corrected chi connectivity index (χ4v) is 4.22. The zero-order valence-electron chi connectivity index (χ0n) is 16.8. The summed E-state index contributed by atoms with van der Waals surface area (Å²) in [5.74, 6) is -0.781. The Labute approximate surface area is 178 Å². The lowest BCUT2D eigenvalue weighted by Crippen LogP contribution is -2.31. The van der Waals surface area contributed by atoms with Gasteiger partial charge < -0.3 is 5.32 Å². The number of thiazole rings is 1. The zero-order valence-corrected chi connectivity index (χ0v) is 17.6. The molecule has 1 N–H and O–H groups in total. The van der Waals surface area contributed by atoms with Crippen molar-refractivity contribution < 1.29 is 14.4 Å². The van der Waals surface area contributed by atoms with Gasteiger partial charge in [-0.25, -0.2) is 4.98 Å². The number of fused-ring (bicyclic) bond motifs is 1. The maximum atomic E-state index is 12.4. The summed E-state index contributed by atoms with van der Waals surface area (Å²) in [5, 5.41) is 5.28. The zero-order chi connectivity index (χ0) is 21.3. The second kappa shape index (κ2) is 8.20. The van der Waals surface area contributed by atoms with Crippen LogP contribution < -0.4 is 5.32 Å². The molecule has 0 aliphatic carbocycles. The molecule has 152 valence electrons. The molecule has 0 unspecified atom stereocenters. The molecule has 0 spiro atoms. The maximum absolute atomic E-state index is 12.4. The lowest BCUT2D eigenvalue weighted by molar-refractivity contribution is -0.116. The summed E-state index contributed by atoms with van der Waals surface area (Å²) in [6, 6.07) is 13.0. The molecule has 30 heavy (non-hydrogen) atoms. The van der Waals surface area contributed by atoms with Crippen LogP contribution in [0.2, 0.25) is 0 Å². The minimum atomic E-state index is -0.297. The van der Waals surface area contributed by atoms with Crippen LogP contribution in [0.5, 0.6) is 0 Å². The summed E-state index contributed by atoms with van der Waals surface area (Å²) < 4.78 is 0. The van der Waals surface area contributed by atoms with E-state index in [1.807, 2.05) is 19.2 Å². The number of carbonyl (C=O) groups excluding carboxylic acids is 3. The molecule has 3 aromatic rings. The average molecular weight is 420 g/mol. The van der Waals surface area contributed by atoms with Crippen LogP contribution in [0.3, 0.4) is 0 Å². The van der Waals surface area contributed by atoms with Gasteiger partial charge in [-0.1, -0.05) is 29.8 Å². The smallest absolute Gasteiger partial charge is 0.261 e. The fourth-order valence-electron chi connectivity index (χ4n) is 3.49. The third-order valence-corrected chi connectivity index (χ3v) is 5.84. The van der Waals surface area contributed by atoms with Crippen LogP contribution in [0.4, 0.5) is 5.13 Å². The van der Waals surface area contributed by atoms with E-state index in [0.717, 1.165) is 22.4 Å². The number of rotatable bonds is 6. The van der Waals surface area contributed by atoms with Gasteiger partial charge in [0.2, 0.25) is 5.91 Å². The van der Waals surface area contributed by atoms with E-state index >= 15 is 0 Å². The van der Waals surface area contributed by atoms with Crippen molar-refractivity contribution in [1.82, 2.24) is 9.88 Å². The van der Waals surface area contributed by atoms with Gasteiger partial charge in [0, 0.05) is 23.9 Å². The lowest BCUT2D eigenvalue weighted by Gasteiger charge is -2.13. The van der Waals surface area contributed by atoms with Crippen molar-refractivity contribution in [2.75, 3.05) is 11.9 Å². The van der Waals surface area contributed by atoms with Crippen LogP contribution in [0.25, 0.3) is 11.3 Å². The summed E-state index contributed by atoms with van der Waals surface area (Å²) in [7, 11) is 0. The van der Waals surface area contributed by atoms with Gasteiger partial charge in [0.25, 0.3) is 11.8 Å². The Bertz CT molecular complexity index is 1120. The Hall–Kier alpha value is -3.32. The standard InChI is InChI=1S/C23H21N3O3S/c1-14-9-10-15(2)18(12-14)19-13-30-23(24-19)25-20(27)8-5-11-26-21(28)16-6-3-4-7-17(16)22(26)29/h3-4,6-7,9-10,12-13H,5,8,11H2,1-2H3,(H,24,25,27). The van der Waals surface area contributed by atoms with Gasteiger partial charge in [-0.2, -0.15) is 0 Å². The summed E-state index contributed by atoms with van der Waals surface area (Å²) in [4.78, 5) is 42.8. The monoisotopic (exact) mass is 419 g/mol. The molecule has 1 aliphatic rings. The number of nitrogens with one attached hydrogen (secondary N) is 1. The SMILES string of the molecule is Cc1ccc(C)c(-c2csc(NC(=O)CCCN3C(=O)c4ccccc4C3=O)n2)c1. The molecule has 0 radical (unpaired) electrons. The second-order valence-electron chi connectivity index (χ2n) is 7.32. The van der Waals surface area contributed by atoms with E-state index in [4.69, 9.17) is 0 Å². The van der Waals surface area contributed by atoms with Gasteiger partial charge in [0.05, 0.1) is 16.8 Å². The number of nitrogens with zero attached hydrogens (tertiary/aromatic N) is 2. The molecule has 0 bridgehead atoms. The van der Waals surface area contributed by atoms with E-state index in [1.54, 1.807) is 24.3 Å². The van der Waals surface area contributed by atoms with Crippen LogP contribution in [0.1, 0.15) is 44.7 Å². The van der Waals surface area contributed by atoms with E-state index in [1.165, 1.54) is 16.2 Å². The van der Waals surface area contributed by atoms with Gasteiger partial charge >= 0.3 is 0 Å². The minimum absolute atomic E-state index is 0.187. The molecule has 3 amide bonds. The summed E-state index contributed by atoms with van der Waals surface area (Å²) in [6.07, 6.45) is 0.596. The number of imide groups is 1. The third-order valence-electron chi connectivity index (χ3n) is 5.08. The first-order valence-corrected chi connectivity index (χ1v) is 10.6. The molecule has 7 heteroatoms. The number of benzene rings is 2. The summed E-state index contributed by atoms with van der Waals surface area (Å²) in [6.45, 7) is 4.28. The van der Waals surface area contributed by atoms with Gasteiger partial charge in [-0.3, -0.25) is 19.3 Å². The Kier molecular flexibility index (Phi) is 5.46. The Balaban J connectivity index is 1.32. The molecule has 1 aromatic heterocycles. The predicted molar refractivity (Wildman–Crippen MR) is 117 cm³/mol. The number of amides is 3. The maximum Gasteiger partial charge on any atom is 0.261 e. The van der Waals surface area contributed by atoms with E-state index < -0.39 is 0 Å². The first-order valence-electron chi connectivity index (χ1n) is 9.72. The second-order valence-corrected chi connectivity index (χ2v) is 8.17. The largest absolute Gasteiger partial charge is 0.302 e. The highest BCUT2D eigenvalue weighted by Crippen LogP contribution is 2.28. The highest BCUT2D eigenvalue weighted by atomic mass is 32.1. The normalized spacial score (nSPS) is 12.9. The van der Waals surface area contributed by atoms with Crippen molar-refractivity contribution in [3.8, 4) is 11.3 Å². The van der Waals surface area contributed by atoms with Crippen LogP contribution in [-0.2, 0) is 4.79 Å². The Morgan fingerprint density at radius 2 is 1.73 bits per heavy atom. The number of carbonyl (C=O) groups is 3. The number of aromatic nitrogens is 1. The highest BCUT2D eigenvalue weighted by Gasteiger charge is 2.34. The van der Waals surface area contributed by atoms with E-state index in [2.05, 4.69) is 28.5 Å². The molecule has 6 nitrogen and oxygen atoms in total. The topological polar surface area (TPSA) is 79.4 Å². The van der Waals surface area contributed by atoms with Gasteiger partial charge in [-0.05, 0) is 44.0 Å². The van der Waals surface area contributed by atoms with Crippen molar-refractivity contribution in [2.24, 2.45) is 0 Å². The average Bonchev–Trinajstić information content (AvgIpc) is 3.28. The Morgan fingerprint density at radius 1 is 1.03 bits per heavy atom. The van der Waals surface area contributed by atoms with Crippen molar-refractivity contribution in [3.63, 3.8) is 0 Å². The quantitative estimate of drug-likeness (QED) is 0.599. The first kappa shape index (κ1) is 20.0. The molecule has 0 saturated carbocycles. The summed E-state index contributed by atoms with van der Waals surface area (Å²) >= 11 is 1.38. The van der Waals surface area contributed by atoms with Gasteiger partial charge in [0.15, 0.2) is 5.13 Å². The van der Waals surface area contributed by atoms with E-state index in [0.29, 0.717) is 22.7 Å². The Morgan fingerprint density at radius 3 is 2.43 bits per heavy atom. The van der Waals surface area contributed by atoms with Crippen molar-refractivity contribution in [1.29, 1.82) is 0 Å². The summed E-state index contributed by atoms with van der Waals surface area (Å²) in [5.41, 5.74) is 5.02. The molecule has 1 aliphatic heterocycles. The molecule has 4 rings (SSSR count). The number of aryl methyl sites for hydroxylation is 2. The van der Waals surface area contributed by atoms with Crippen LogP contribution >= 0.6 is 11.3 Å². The molecule has 2 aromatic carbocycles. The van der Waals surface area contributed by atoms with Crippen LogP contribution in [0.15, 0.2) is 47.8 Å². The fraction of sp³-hybridized carbons (Fsp3) is 0.217.